The molecule has 0 radical (unpaired) electrons. The van der Waals surface area contributed by atoms with Gasteiger partial charge >= 0.3 is 5.97 Å². The van der Waals surface area contributed by atoms with E-state index in [-0.39, 0.29) is 5.91 Å². The van der Waals surface area contributed by atoms with Crippen LogP contribution in [0.2, 0.25) is 0 Å². The Balaban J connectivity index is 2.43. The number of aryl methyl sites for hydroxylation is 1. The molecule has 0 saturated heterocycles. The van der Waals surface area contributed by atoms with Crippen LogP contribution < -0.4 is 10.1 Å². The molecule has 1 atom stereocenters. The standard InChI is InChI=1S/C14H19NO4/c1-10(14(17)19-3)15-13(16)8-7-11-5-4-6-12(9-11)18-2/h4-6,9-10H,7-8H2,1-3H3,(H,15,16)/t10-/m0/s1. The monoisotopic (exact) mass is 265 g/mol. The molecule has 0 aliphatic heterocycles. The summed E-state index contributed by atoms with van der Waals surface area (Å²) in [6, 6.07) is 6.92. The Hall–Kier alpha value is -2.04. The van der Waals surface area contributed by atoms with Crippen molar-refractivity contribution in [1.82, 2.24) is 5.32 Å². The van der Waals surface area contributed by atoms with Crippen molar-refractivity contribution >= 4 is 11.9 Å². The topological polar surface area (TPSA) is 64.6 Å². The molecular weight excluding hydrogens is 246 g/mol. The lowest BCUT2D eigenvalue weighted by molar-refractivity contribution is -0.144. The van der Waals surface area contributed by atoms with Gasteiger partial charge in [0.1, 0.15) is 11.8 Å². The lowest BCUT2D eigenvalue weighted by Crippen LogP contribution is -2.39. The second-order valence-corrected chi connectivity index (χ2v) is 4.16. The van der Waals surface area contributed by atoms with Crippen molar-refractivity contribution < 1.29 is 19.1 Å². The Morgan fingerprint density at radius 3 is 2.68 bits per heavy atom. The van der Waals surface area contributed by atoms with Crippen LogP contribution in [0.4, 0.5) is 0 Å². The van der Waals surface area contributed by atoms with Crippen LogP contribution in [-0.4, -0.2) is 32.1 Å². The summed E-state index contributed by atoms with van der Waals surface area (Å²) in [6.07, 6.45) is 0.908. The summed E-state index contributed by atoms with van der Waals surface area (Å²) in [7, 11) is 2.89. The van der Waals surface area contributed by atoms with Gasteiger partial charge in [-0.25, -0.2) is 4.79 Å². The number of carbonyl (C=O) groups is 2. The van der Waals surface area contributed by atoms with E-state index in [4.69, 9.17) is 4.74 Å². The average Bonchev–Trinajstić information content (AvgIpc) is 2.44. The molecule has 0 saturated carbocycles. The number of hydrogen-bond acceptors (Lipinski definition) is 4. The minimum Gasteiger partial charge on any atom is -0.497 e. The van der Waals surface area contributed by atoms with Crippen molar-refractivity contribution in [3.05, 3.63) is 29.8 Å². The molecule has 0 spiro atoms. The second kappa shape index (κ2) is 7.41. The number of carbonyl (C=O) groups excluding carboxylic acids is 2. The van der Waals surface area contributed by atoms with E-state index in [1.165, 1.54) is 7.11 Å². The maximum Gasteiger partial charge on any atom is 0.328 e. The number of amides is 1. The van der Waals surface area contributed by atoms with Gasteiger partial charge in [-0.3, -0.25) is 4.79 Å². The van der Waals surface area contributed by atoms with Crippen molar-refractivity contribution in [3.63, 3.8) is 0 Å². The first-order valence-electron chi connectivity index (χ1n) is 6.07. The number of nitrogens with one attached hydrogen (secondary N) is 1. The Kier molecular flexibility index (Phi) is 5.85. The Labute approximate surface area is 112 Å². The second-order valence-electron chi connectivity index (χ2n) is 4.16. The molecule has 1 amide bonds. The fourth-order valence-corrected chi connectivity index (χ4v) is 1.64. The van der Waals surface area contributed by atoms with Gasteiger partial charge in [-0.1, -0.05) is 12.1 Å². The molecule has 19 heavy (non-hydrogen) atoms. The van der Waals surface area contributed by atoms with Crippen LogP contribution in [-0.2, 0) is 20.7 Å². The van der Waals surface area contributed by atoms with E-state index in [1.807, 2.05) is 24.3 Å². The van der Waals surface area contributed by atoms with Gasteiger partial charge in [0, 0.05) is 6.42 Å². The summed E-state index contributed by atoms with van der Waals surface area (Å²) in [5.41, 5.74) is 1.01. The summed E-state index contributed by atoms with van der Waals surface area (Å²) >= 11 is 0. The summed E-state index contributed by atoms with van der Waals surface area (Å²) < 4.78 is 9.65. The van der Waals surface area contributed by atoms with Gasteiger partial charge in [0.25, 0.3) is 0 Å². The third-order valence-corrected chi connectivity index (χ3v) is 2.71. The molecular formula is C14H19NO4. The van der Waals surface area contributed by atoms with Gasteiger partial charge < -0.3 is 14.8 Å². The Bertz CT molecular complexity index is 445. The van der Waals surface area contributed by atoms with Crippen molar-refractivity contribution in [3.8, 4) is 5.75 Å². The molecule has 0 aliphatic carbocycles. The molecule has 5 nitrogen and oxygen atoms in total. The summed E-state index contributed by atoms with van der Waals surface area (Å²) in [5.74, 6) is 0.135. The van der Waals surface area contributed by atoms with Crippen molar-refractivity contribution in [2.75, 3.05) is 14.2 Å². The molecule has 104 valence electrons. The number of benzene rings is 1. The normalized spacial score (nSPS) is 11.5. The molecule has 0 bridgehead atoms. The predicted molar refractivity (Wildman–Crippen MR) is 70.9 cm³/mol. The zero-order valence-electron chi connectivity index (χ0n) is 11.4. The molecule has 0 heterocycles. The zero-order chi connectivity index (χ0) is 14.3. The predicted octanol–water partition coefficient (Wildman–Crippen LogP) is 1.31. The molecule has 1 aromatic carbocycles. The smallest absolute Gasteiger partial charge is 0.328 e. The SMILES string of the molecule is COC(=O)[C@H](C)NC(=O)CCc1cccc(OC)c1. The zero-order valence-corrected chi connectivity index (χ0v) is 11.4. The molecule has 0 aromatic heterocycles. The molecule has 0 fully saturated rings. The van der Waals surface area contributed by atoms with Crippen LogP contribution in [0.5, 0.6) is 5.75 Å². The third-order valence-electron chi connectivity index (χ3n) is 2.71. The van der Waals surface area contributed by atoms with Gasteiger partial charge in [-0.2, -0.15) is 0 Å². The molecule has 1 aromatic rings. The molecule has 1 rings (SSSR count). The van der Waals surface area contributed by atoms with Gasteiger partial charge in [-0.05, 0) is 31.0 Å². The Morgan fingerprint density at radius 1 is 1.32 bits per heavy atom. The molecule has 5 heteroatoms. The van der Waals surface area contributed by atoms with E-state index in [2.05, 4.69) is 10.1 Å². The van der Waals surface area contributed by atoms with Crippen LogP contribution in [0.15, 0.2) is 24.3 Å². The summed E-state index contributed by atoms with van der Waals surface area (Å²) in [5, 5.41) is 2.58. The quantitative estimate of drug-likeness (QED) is 0.788. The lowest BCUT2D eigenvalue weighted by Gasteiger charge is -2.11. The minimum atomic E-state index is -0.622. The third kappa shape index (κ3) is 4.99. The van der Waals surface area contributed by atoms with E-state index < -0.39 is 12.0 Å². The highest BCUT2D eigenvalue weighted by atomic mass is 16.5. The number of rotatable bonds is 6. The van der Waals surface area contributed by atoms with Crippen molar-refractivity contribution in [1.29, 1.82) is 0 Å². The largest absolute Gasteiger partial charge is 0.497 e. The van der Waals surface area contributed by atoms with Gasteiger partial charge in [-0.15, -0.1) is 0 Å². The molecule has 1 N–H and O–H groups in total. The van der Waals surface area contributed by atoms with E-state index in [0.29, 0.717) is 12.8 Å². The van der Waals surface area contributed by atoms with Gasteiger partial charge in [0.2, 0.25) is 5.91 Å². The van der Waals surface area contributed by atoms with Gasteiger partial charge in [0.15, 0.2) is 0 Å². The number of methoxy groups -OCH3 is 2. The van der Waals surface area contributed by atoms with Crippen LogP contribution in [0.25, 0.3) is 0 Å². The number of ether oxygens (including phenoxy) is 2. The minimum absolute atomic E-state index is 0.180. The maximum atomic E-state index is 11.7. The van der Waals surface area contributed by atoms with Crippen molar-refractivity contribution in [2.45, 2.75) is 25.8 Å². The van der Waals surface area contributed by atoms with Crippen molar-refractivity contribution in [2.24, 2.45) is 0 Å². The fourth-order valence-electron chi connectivity index (χ4n) is 1.64. The van der Waals surface area contributed by atoms with Crippen LogP contribution in [0, 0.1) is 0 Å². The summed E-state index contributed by atoms with van der Waals surface area (Å²) in [6.45, 7) is 1.59. The van der Waals surface area contributed by atoms with E-state index in [0.717, 1.165) is 11.3 Å². The first-order chi connectivity index (χ1) is 9.06. The first-order valence-corrected chi connectivity index (χ1v) is 6.07. The maximum absolute atomic E-state index is 11.7. The molecule has 0 aliphatic rings. The van der Waals surface area contributed by atoms with Gasteiger partial charge in [0.05, 0.1) is 14.2 Å². The van der Waals surface area contributed by atoms with E-state index in [9.17, 15) is 9.59 Å². The molecule has 0 unspecified atom stereocenters. The van der Waals surface area contributed by atoms with E-state index in [1.54, 1.807) is 14.0 Å². The highest BCUT2D eigenvalue weighted by Crippen LogP contribution is 2.13. The highest BCUT2D eigenvalue weighted by molar-refractivity contribution is 5.84. The lowest BCUT2D eigenvalue weighted by atomic mass is 10.1. The van der Waals surface area contributed by atoms with Crippen LogP contribution >= 0.6 is 0 Å². The first kappa shape index (κ1) is 15.0. The van der Waals surface area contributed by atoms with Crippen LogP contribution in [0.1, 0.15) is 18.9 Å². The average molecular weight is 265 g/mol. The van der Waals surface area contributed by atoms with E-state index >= 15 is 0 Å². The number of hydrogen-bond donors (Lipinski definition) is 1. The highest BCUT2D eigenvalue weighted by Gasteiger charge is 2.15. The Morgan fingerprint density at radius 2 is 2.05 bits per heavy atom. The van der Waals surface area contributed by atoms with Crippen LogP contribution in [0.3, 0.4) is 0 Å². The summed E-state index contributed by atoms with van der Waals surface area (Å²) in [4.78, 5) is 22.8. The number of esters is 1. The fraction of sp³-hybridized carbons (Fsp3) is 0.429.